The summed E-state index contributed by atoms with van der Waals surface area (Å²) in [4.78, 5) is 52.0. The molecule has 2 aliphatic heterocycles. The maximum Gasteiger partial charge on any atom is 0.264 e. The van der Waals surface area contributed by atoms with Gasteiger partial charge in [0.05, 0.1) is 22.9 Å². The van der Waals surface area contributed by atoms with Crippen molar-refractivity contribution in [1.29, 1.82) is 0 Å². The molecule has 0 saturated carbocycles. The molecule has 194 valence electrons. The van der Waals surface area contributed by atoms with E-state index in [1.54, 1.807) is 12.3 Å². The minimum Gasteiger partial charge on any atom is -0.371 e. The second kappa shape index (κ2) is 11.5. The predicted molar refractivity (Wildman–Crippen MR) is 142 cm³/mol. The minimum atomic E-state index is -0.412. The van der Waals surface area contributed by atoms with Gasteiger partial charge in [-0.05, 0) is 51.9 Å². The number of hydrogen-bond acceptors (Lipinski definition) is 7. The minimum absolute atomic E-state index is 0.00609. The molecule has 1 fully saturated rings. The number of hydrogen-bond donors (Lipinski definition) is 0. The van der Waals surface area contributed by atoms with Crippen molar-refractivity contribution in [3.05, 3.63) is 45.9 Å². The van der Waals surface area contributed by atoms with Crippen LogP contribution in [0.4, 0.5) is 5.69 Å². The number of thiazole rings is 1. The van der Waals surface area contributed by atoms with Gasteiger partial charge in [-0.15, -0.1) is 11.3 Å². The van der Waals surface area contributed by atoms with E-state index in [4.69, 9.17) is 0 Å². The van der Waals surface area contributed by atoms with Gasteiger partial charge >= 0.3 is 0 Å². The highest BCUT2D eigenvalue weighted by atomic mass is 32.1. The molecule has 8 nitrogen and oxygen atoms in total. The van der Waals surface area contributed by atoms with Gasteiger partial charge in [0.15, 0.2) is 0 Å². The maximum absolute atomic E-state index is 13.5. The summed E-state index contributed by atoms with van der Waals surface area (Å²) in [5.41, 5.74) is 1.72. The molecule has 2 aliphatic rings. The lowest BCUT2D eigenvalue weighted by Gasteiger charge is -2.36. The van der Waals surface area contributed by atoms with Crippen LogP contribution in [0.5, 0.6) is 0 Å². The molecule has 3 amide bonds. The van der Waals surface area contributed by atoms with E-state index in [1.807, 2.05) is 36.3 Å². The Kier molecular flexibility index (Phi) is 8.41. The van der Waals surface area contributed by atoms with Crippen molar-refractivity contribution in [2.45, 2.75) is 46.6 Å². The van der Waals surface area contributed by atoms with Gasteiger partial charge < -0.3 is 14.7 Å². The largest absolute Gasteiger partial charge is 0.371 e. The van der Waals surface area contributed by atoms with E-state index in [2.05, 4.69) is 28.6 Å². The molecule has 3 heterocycles. The number of carbonyl (C=O) groups is 3. The van der Waals surface area contributed by atoms with E-state index >= 15 is 0 Å². The number of aromatic nitrogens is 1. The molecule has 36 heavy (non-hydrogen) atoms. The van der Waals surface area contributed by atoms with Crippen LogP contribution >= 0.6 is 11.3 Å². The Bertz CT molecular complexity index is 1080. The van der Waals surface area contributed by atoms with Crippen LogP contribution in [0.2, 0.25) is 0 Å². The first-order chi connectivity index (χ1) is 17.4. The van der Waals surface area contributed by atoms with E-state index in [0.29, 0.717) is 24.2 Å². The third-order valence-corrected chi connectivity index (χ3v) is 8.53. The summed E-state index contributed by atoms with van der Waals surface area (Å²) in [5.74, 6) is -0.304. The van der Waals surface area contributed by atoms with Gasteiger partial charge in [0.2, 0.25) is 5.91 Å². The molecule has 4 rings (SSSR count). The molecule has 1 aromatic heterocycles. The zero-order chi connectivity index (χ0) is 25.8. The number of amides is 3. The van der Waals surface area contributed by atoms with Crippen LogP contribution in [0.15, 0.2) is 29.8 Å². The lowest BCUT2D eigenvalue weighted by atomic mass is 9.94. The van der Waals surface area contributed by atoms with Gasteiger partial charge in [0, 0.05) is 50.2 Å². The molecule has 0 spiro atoms. The van der Waals surface area contributed by atoms with Crippen molar-refractivity contribution >= 4 is 34.7 Å². The zero-order valence-electron chi connectivity index (χ0n) is 21.8. The maximum atomic E-state index is 13.5. The number of carbonyl (C=O) groups excluding carboxylic acids is 3. The van der Waals surface area contributed by atoms with Gasteiger partial charge in [0.1, 0.15) is 5.01 Å². The second-order valence-corrected chi connectivity index (χ2v) is 10.4. The first-order valence-corrected chi connectivity index (χ1v) is 13.9. The Morgan fingerprint density at radius 2 is 1.81 bits per heavy atom. The predicted octanol–water partition coefficient (Wildman–Crippen LogP) is 3.91. The van der Waals surface area contributed by atoms with Crippen LogP contribution in [0, 0.1) is 5.92 Å². The number of nitrogens with zero attached hydrogens (tertiary/aromatic N) is 5. The highest BCUT2D eigenvalue weighted by Gasteiger charge is 2.42. The van der Waals surface area contributed by atoms with Crippen LogP contribution in [0.25, 0.3) is 0 Å². The number of fused-ring (bicyclic) bond motifs is 1. The molecule has 0 unspecified atom stereocenters. The molecule has 0 N–H and O–H groups in total. The lowest BCUT2D eigenvalue weighted by molar-refractivity contribution is -0.136. The first kappa shape index (κ1) is 26.3. The number of likely N-dealkylation sites (N-methyl/N-ethyl adjacent to an activating group) is 2. The Morgan fingerprint density at radius 1 is 1.08 bits per heavy atom. The van der Waals surface area contributed by atoms with E-state index in [-0.39, 0.29) is 23.6 Å². The van der Waals surface area contributed by atoms with E-state index in [1.165, 1.54) is 16.2 Å². The van der Waals surface area contributed by atoms with Crippen molar-refractivity contribution in [2.24, 2.45) is 5.92 Å². The molecule has 9 heteroatoms. The monoisotopic (exact) mass is 511 g/mol. The van der Waals surface area contributed by atoms with Crippen molar-refractivity contribution in [3.8, 4) is 0 Å². The molecule has 1 saturated heterocycles. The Labute approximate surface area is 217 Å². The van der Waals surface area contributed by atoms with Crippen LogP contribution in [-0.4, -0.2) is 83.2 Å². The number of imide groups is 1. The van der Waals surface area contributed by atoms with Gasteiger partial charge in [-0.25, -0.2) is 4.98 Å². The summed E-state index contributed by atoms with van der Waals surface area (Å²) in [6.45, 7) is 13.9. The Balaban J connectivity index is 1.44. The number of benzene rings is 1. The molecule has 1 atom stereocenters. The molecule has 0 aliphatic carbocycles. The van der Waals surface area contributed by atoms with E-state index in [0.717, 1.165) is 56.3 Å². The van der Waals surface area contributed by atoms with Crippen LogP contribution < -0.4 is 4.90 Å². The van der Waals surface area contributed by atoms with Crippen LogP contribution in [0.3, 0.4) is 0 Å². The highest BCUT2D eigenvalue weighted by molar-refractivity contribution is 7.09. The third-order valence-electron chi connectivity index (χ3n) is 7.58. The number of anilines is 1. The van der Waals surface area contributed by atoms with Crippen molar-refractivity contribution in [1.82, 2.24) is 19.7 Å². The van der Waals surface area contributed by atoms with Crippen molar-refractivity contribution in [2.75, 3.05) is 50.7 Å². The van der Waals surface area contributed by atoms with Gasteiger partial charge in [0.25, 0.3) is 11.8 Å². The quantitative estimate of drug-likeness (QED) is 0.450. The van der Waals surface area contributed by atoms with E-state index < -0.39 is 6.04 Å². The fraction of sp³-hybridized carbons (Fsp3) is 0.556. The van der Waals surface area contributed by atoms with Gasteiger partial charge in [-0.2, -0.15) is 0 Å². The summed E-state index contributed by atoms with van der Waals surface area (Å²) in [6, 6.07) is 5.09. The first-order valence-electron chi connectivity index (χ1n) is 13.1. The number of rotatable bonds is 10. The number of piperidine rings is 1. The fourth-order valence-electron chi connectivity index (χ4n) is 5.30. The Morgan fingerprint density at radius 3 is 2.42 bits per heavy atom. The summed E-state index contributed by atoms with van der Waals surface area (Å²) < 4.78 is 0. The average Bonchev–Trinajstić information content (AvgIpc) is 3.53. The summed E-state index contributed by atoms with van der Waals surface area (Å²) in [5, 5.41) is 2.59. The summed E-state index contributed by atoms with van der Waals surface area (Å²) >= 11 is 1.44. The Hall–Kier alpha value is -2.78. The third kappa shape index (κ3) is 5.04. The average molecular weight is 512 g/mol. The second-order valence-electron chi connectivity index (χ2n) is 9.43. The SMILES string of the molecule is CCN(CC)CCN(CC)C(=O)C1CCN(c2cccc3c2C(=O)N([C@@H](C)c2nccs2)C3=O)CC1. The zero-order valence-corrected chi connectivity index (χ0v) is 22.6. The fourth-order valence-corrected chi connectivity index (χ4v) is 5.99. The van der Waals surface area contributed by atoms with Gasteiger partial charge in [-0.1, -0.05) is 19.9 Å². The molecule has 0 bridgehead atoms. The normalized spacial score (nSPS) is 17.1. The molecule has 1 aromatic carbocycles. The van der Waals surface area contributed by atoms with Gasteiger partial charge in [-0.3, -0.25) is 19.3 Å². The molecular formula is C27H37N5O3S. The van der Waals surface area contributed by atoms with Crippen molar-refractivity contribution < 1.29 is 14.4 Å². The summed E-state index contributed by atoms with van der Waals surface area (Å²) in [7, 11) is 0. The topological polar surface area (TPSA) is 77.1 Å². The summed E-state index contributed by atoms with van der Waals surface area (Å²) in [6.07, 6.45) is 3.17. The van der Waals surface area contributed by atoms with Crippen molar-refractivity contribution in [3.63, 3.8) is 0 Å². The smallest absolute Gasteiger partial charge is 0.264 e. The molecular weight excluding hydrogens is 474 g/mol. The molecule has 2 aromatic rings. The standard InChI is InChI=1S/C27H37N5O3S/c1-5-29(6-2)16-17-30(7-3)25(33)20-11-14-31(15-12-20)22-10-8-9-21-23(22)27(35)32(26(21)34)19(4)24-28-13-18-36-24/h8-10,13,18-20H,5-7,11-12,14-17H2,1-4H3/t19-/m0/s1. The van der Waals surface area contributed by atoms with E-state index in [9.17, 15) is 14.4 Å². The molecule has 0 radical (unpaired) electrons. The van der Waals surface area contributed by atoms with Crippen LogP contribution in [-0.2, 0) is 4.79 Å². The van der Waals surface area contributed by atoms with Crippen LogP contribution in [0.1, 0.15) is 72.3 Å². The highest BCUT2D eigenvalue weighted by Crippen LogP contribution is 2.38. The lowest BCUT2D eigenvalue weighted by Crippen LogP contribution is -2.45.